The second kappa shape index (κ2) is 13.9. The van der Waals surface area contributed by atoms with Gasteiger partial charge in [0.15, 0.2) is 0 Å². The number of nitrogens with zero attached hydrogens (tertiary/aromatic N) is 3. The second-order valence-electron chi connectivity index (χ2n) is 10.5. The minimum absolute atomic E-state index is 0.0954. The summed E-state index contributed by atoms with van der Waals surface area (Å²) < 4.78 is 11.5. The molecular formula is C31H37N3O5. The summed E-state index contributed by atoms with van der Waals surface area (Å²) in [7, 11) is 1.89. The molecule has 0 N–H and O–H groups in total. The summed E-state index contributed by atoms with van der Waals surface area (Å²) in [6.45, 7) is 1.21. The lowest BCUT2D eigenvalue weighted by molar-refractivity contribution is -0.385. The van der Waals surface area contributed by atoms with Crippen LogP contribution in [0, 0.1) is 33.3 Å². The molecule has 0 bridgehead atoms. The maximum atomic E-state index is 13.2. The van der Waals surface area contributed by atoms with Crippen LogP contribution >= 0.6 is 0 Å². The quantitative estimate of drug-likeness (QED) is 0.187. The van der Waals surface area contributed by atoms with Crippen molar-refractivity contribution in [2.75, 3.05) is 20.3 Å². The molecule has 1 aliphatic heterocycles. The number of nitriles is 1. The van der Waals surface area contributed by atoms with Crippen molar-refractivity contribution in [1.29, 1.82) is 5.26 Å². The van der Waals surface area contributed by atoms with Crippen molar-refractivity contribution in [3.63, 3.8) is 0 Å². The zero-order valence-corrected chi connectivity index (χ0v) is 22.6. The van der Waals surface area contributed by atoms with Gasteiger partial charge in [-0.1, -0.05) is 37.5 Å². The number of ether oxygens (including phenoxy) is 2. The van der Waals surface area contributed by atoms with Gasteiger partial charge in [0, 0.05) is 44.4 Å². The molecule has 8 nitrogen and oxygen atoms in total. The number of carbonyl (C=O) groups is 1. The average Bonchev–Trinajstić information content (AvgIpc) is 2.97. The topological polar surface area (TPSA) is 106 Å². The Labute approximate surface area is 230 Å². The highest BCUT2D eigenvalue weighted by Gasteiger charge is 2.30. The first-order chi connectivity index (χ1) is 19.0. The van der Waals surface area contributed by atoms with E-state index in [4.69, 9.17) is 9.47 Å². The molecule has 1 amide bonds. The van der Waals surface area contributed by atoms with Gasteiger partial charge in [0.05, 0.1) is 16.6 Å². The van der Waals surface area contributed by atoms with Crippen LogP contribution in [0.1, 0.15) is 63.4 Å². The van der Waals surface area contributed by atoms with Crippen molar-refractivity contribution in [3.8, 4) is 17.6 Å². The third-order valence-corrected chi connectivity index (χ3v) is 8.03. The molecule has 2 aromatic rings. The zero-order valence-electron chi connectivity index (χ0n) is 22.6. The highest BCUT2D eigenvalue weighted by atomic mass is 16.6. The fourth-order valence-corrected chi connectivity index (χ4v) is 5.78. The van der Waals surface area contributed by atoms with Crippen LogP contribution in [0.25, 0.3) is 6.08 Å². The molecule has 8 heteroatoms. The summed E-state index contributed by atoms with van der Waals surface area (Å²) in [6.07, 6.45) is 9.67. The average molecular weight is 532 g/mol. The van der Waals surface area contributed by atoms with Gasteiger partial charge in [-0.15, -0.1) is 0 Å². The predicted molar refractivity (Wildman–Crippen MR) is 149 cm³/mol. The SMILES string of the molecule is CN(C(=O)CCC(/C(C#N)=C/c1cc(Oc2ccccc2)ccc1[N+](=O)[O-])C1CCOCC1)C1CCCCC1. The molecule has 0 radical (unpaired) electrons. The number of nitro groups is 1. The molecule has 4 rings (SSSR count). The summed E-state index contributed by atoms with van der Waals surface area (Å²) in [5.41, 5.74) is 0.671. The van der Waals surface area contributed by atoms with Gasteiger partial charge < -0.3 is 14.4 Å². The molecule has 0 aromatic heterocycles. The van der Waals surface area contributed by atoms with Gasteiger partial charge in [-0.25, -0.2) is 0 Å². The maximum Gasteiger partial charge on any atom is 0.276 e. The largest absolute Gasteiger partial charge is 0.457 e. The summed E-state index contributed by atoms with van der Waals surface area (Å²) in [4.78, 5) is 26.5. The van der Waals surface area contributed by atoms with Crippen LogP contribution < -0.4 is 4.74 Å². The van der Waals surface area contributed by atoms with E-state index in [-0.39, 0.29) is 29.5 Å². The van der Waals surface area contributed by atoms with E-state index >= 15 is 0 Å². The summed E-state index contributed by atoms with van der Waals surface area (Å²) in [5, 5.41) is 22.1. The van der Waals surface area contributed by atoms with Crippen molar-refractivity contribution >= 4 is 17.7 Å². The Balaban J connectivity index is 1.59. The smallest absolute Gasteiger partial charge is 0.276 e. The first-order valence-corrected chi connectivity index (χ1v) is 13.9. The molecule has 2 aliphatic rings. The second-order valence-corrected chi connectivity index (χ2v) is 10.5. The summed E-state index contributed by atoms with van der Waals surface area (Å²) in [6, 6.07) is 16.4. The number of nitro benzene ring substituents is 1. The number of amides is 1. The number of allylic oxidation sites excluding steroid dienone is 1. The van der Waals surface area contributed by atoms with Crippen LogP contribution in [-0.2, 0) is 9.53 Å². The summed E-state index contributed by atoms with van der Waals surface area (Å²) in [5.74, 6) is 1.13. The fourth-order valence-electron chi connectivity index (χ4n) is 5.78. The van der Waals surface area contributed by atoms with Gasteiger partial charge in [0.1, 0.15) is 11.5 Å². The number of para-hydroxylation sites is 1. The molecule has 39 heavy (non-hydrogen) atoms. The van der Waals surface area contributed by atoms with Gasteiger partial charge >= 0.3 is 0 Å². The zero-order chi connectivity index (χ0) is 27.6. The van der Waals surface area contributed by atoms with Gasteiger partial charge in [-0.2, -0.15) is 5.26 Å². The highest BCUT2D eigenvalue weighted by Crippen LogP contribution is 2.36. The monoisotopic (exact) mass is 531 g/mol. The lowest BCUT2D eigenvalue weighted by Gasteiger charge is -2.33. The van der Waals surface area contributed by atoms with Crippen LogP contribution in [0.3, 0.4) is 0 Å². The molecular weight excluding hydrogens is 494 g/mol. The lowest BCUT2D eigenvalue weighted by Crippen LogP contribution is -2.38. The Hall–Kier alpha value is -3.70. The summed E-state index contributed by atoms with van der Waals surface area (Å²) >= 11 is 0. The van der Waals surface area contributed by atoms with Gasteiger partial charge in [0.25, 0.3) is 5.69 Å². The van der Waals surface area contributed by atoms with Crippen molar-refractivity contribution < 1.29 is 19.2 Å². The van der Waals surface area contributed by atoms with Crippen LogP contribution in [0.2, 0.25) is 0 Å². The fraction of sp³-hybridized carbons (Fsp3) is 0.484. The molecule has 2 fully saturated rings. The van der Waals surface area contributed by atoms with Crippen molar-refractivity contribution in [3.05, 3.63) is 69.8 Å². The van der Waals surface area contributed by atoms with E-state index in [1.807, 2.05) is 30.1 Å². The normalized spacial score (nSPS) is 17.7. The first kappa shape index (κ1) is 28.3. The molecule has 1 atom stereocenters. The standard InChI is InChI=1S/C31H37N3O5/c1-33(26-8-4-2-5-9-26)31(35)15-13-29(23-16-18-38-19-17-23)25(22-32)20-24-21-28(12-14-30(24)34(36)37)39-27-10-6-3-7-11-27/h3,6-7,10-12,14,20-21,23,26,29H,2,4-5,8-9,13,15-19H2,1H3/b25-20+. The Bertz CT molecular complexity index is 1190. The van der Waals surface area contributed by atoms with Crippen LogP contribution in [0.4, 0.5) is 5.69 Å². The van der Waals surface area contributed by atoms with E-state index in [2.05, 4.69) is 6.07 Å². The van der Waals surface area contributed by atoms with E-state index in [1.165, 1.54) is 12.5 Å². The minimum Gasteiger partial charge on any atom is -0.457 e. The van der Waals surface area contributed by atoms with Crippen LogP contribution in [-0.4, -0.2) is 42.0 Å². The number of carbonyl (C=O) groups excluding carboxylic acids is 1. The Morgan fingerprint density at radius 1 is 1.13 bits per heavy atom. The number of rotatable bonds is 10. The van der Waals surface area contributed by atoms with Crippen molar-refractivity contribution in [1.82, 2.24) is 4.90 Å². The first-order valence-electron chi connectivity index (χ1n) is 13.9. The Kier molecular flexibility index (Phi) is 10.1. The van der Waals surface area contributed by atoms with Crippen molar-refractivity contribution in [2.45, 2.75) is 63.8 Å². The molecule has 2 aromatic carbocycles. The van der Waals surface area contributed by atoms with E-state index in [0.29, 0.717) is 48.7 Å². The maximum absolute atomic E-state index is 13.2. The number of hydrogen-bond donors (Lipinski definition) is 0. The van der Waals surface area contributed by atoms with Crippen molar-refractivity contribution in [2.24, 2.45) is 11.8 Å². The van der Waals surface area contributed by atoms with Crippen LogP contribution in [0.5, 0.6) is 11.5 Å². The van der Waals surface area contributed by atoms with Gasteiger partial charge in [-0.05, 0) is 74.3 Å². The molecule has 1 heterocycles. The third kappa shape index (κ3) is 7.67. The molecule has 1 unspecified atom stereocenters. The number of benzene rings is 2. The number of hydrogen-bond acceptors (Lipinski definition) is 6. The molecule has 1 aliphatic carbocycles. The Morgan fingerprint density at radius 3 is 2.51 bits per heavy atom. The Morgan fingerprint density at radius 2 is 1.85 bits per heavy atom. The third-order valence-electron chi connectivity index (χ3n) is 8.03. The molecule has 1 saturated heterocycles. The molecule has 0 spiro atoms. The van der Waals surface area contributed by atoms with Gasteiger partial charge in [-0.3, -0.25) is 14.9 Å². The van der Waals surface area contributed by atoms with E-state index in [1.54, 1.807) is 30.3 Å². The molecule has 1 saturated carbocycles. The van der Waals surface area contributed by atoms with E-state index in [0.717, 1.165) is 38.5 Å². The lowest BCUT2D eigenvalue weighted by atomic mass is 9.78. The minimum atomic E-state index is -0.445. The predicted octanol–water partition coefficient (Wildman–Crippen LogP) is 6.91. The van der Waals surface area contributed by atoms with E-state index in [9.17, 15) is 20.2 Å². The highest BCUT2D eigenvalue weighted by molar-refractivity contribution is 5.76. The van der Waals surface area contributed by atoms with Gasteiger partial charge in [0.2, 0.25) is 5.91 Å². The molecule has 206 valence electrons. The van der Waals surface area contributed by atoms with E-state index < -0.39 is 4.92 Å². The van der Waals surface area contributed by atoms with Crippen LogP contribution in [0.15, 0.2) is 54.1 Å².